The van der Waals surface area contributed by atoms with Crippen molar-refractivity contribution in [1.82, 2.24) is 15.2 Å². The van der Waals surface area contributed by atoms with E-state index in [1.165, 1.54) is 0 Å². The number of carbonyl (C=O) groups is 1. The summed E-state index contributed by atoms with van der Waals surface area (Å²) in [4.78, 5) is 20.9. The highest BCUT2D eigenvalue weighted by atomic mass is 16.1. The third-order valence-electron chi connectivity index (χ3n) is 3.53. The van der Waals surface area contributed by atoms with Gasteiger partial charge in [-0.2, -0.15) is 0 Å². The van der Waals surface area contributed by atoms with Crippen LogP contribution in [0.5, 0.6) is 0 Å². The fourth-order valence-corrected chi connectivity index (χ4v) is 2.19. The second-order valence-electron chi connectivity index (χ2n) is 5.83. The van der Waals surface area contributed by atoms with Gasteiger partial charge in [0.1, 0.15) is 0 Å². The van der Waals surface area contributed by atoms with Gasteiger partial charge in [-0.25, -0.2) is 0 Å². The summed E-state index contributed by atoms with van der Waals surface area (Å²) in [6.45, 7) is 8.91. The SMILES string of the molecule is CC(C)CNC(=O)c1cncc(N2CCN(C)CC2)c1. The molecule has 0 spiro atoms. The van der Waals surface area contributed by atoms with Crippen molar-refractivity contribution < 1.29 is 4.79 Å². The van der Waals surface area contributed by atoms with Gasteiger partial charge in [0.05, 0.1) is 17.4 Å². The highest BCUT2D eigenvalue weighted by Crippen LogP contribution is 2.16. The van der Waals surface area contributed by atoms with Crippen LogP contribution < -0.4 is 10.2 Å². The van der Waals surface area contributed by atoms with E-state index in [0.717, 1.165) is 31.9 Å². The molecule has 0 radical (unpaired) electrons. The van der Waals surface area contributed by atoms with Gasteiger partial charge in [0.25, 0.3) is 5.91 Å². The van der Waals surface area contributed by atoms with Gasteiger partial charge in [-0.1, -0.05) is 13.8 Å². The Hall–Kier alpha value is -1.62. The van der Waals surface area contributed by atoms with Crippen LogP contribution >= 0.6 is 0 Å². The first-order valence-electron chi connectivity index (χ1n) is 7.23. The number of amides is 1. The van der Waals surface area contributed by atoms with Crippen molar-refractivity contribution in [2.45, 2.75) is 13.8 Å². The normalized spacial score (nSPS) is 16.5. The highest BCUT2D eigenvalue weighted by Gasteiger charge is 2.16. The number of anilines is 1. The molecular weight excluding hydrogens is 252 g/mol. The molecular formula is C15H24N4O. The molecule has 0 unspecified atom stereocenters. The van der Waals surface area contributed by atoms with Crippen LogP contribution in [0.15, 0.2) is 18.5 Å². The molecule has 5 nitrogen and oxygen atoms in total. The third-order valence-corrected chi connectivity index (χ3v) is 3.53. The maximum absolute atomic E-state index is 12.1. The summed E-state index contributed by atoms with van der Waals surface area (Å²) in [6, 6.07) is 1.94. The molecule has 1 aliphatic heterocycles. The lowest BCUT2D eigenvalue weighted by atomic mass is 10.2. The summed E-state index contributed by atoms with van der Waals surface area (Å²) in [7, 11) is 2.13. The molecule has 1 saturated heterocycles. The minimum Gasteiger partial charge on any atom is -0.368 e. The predicted molar refractivity (Wildman–Crippen MR) is 81.1 cm³/mol. The highest BCUT2D eigenvalue weighted by molar-refractivity contribution is 5.94. The summed E-state index contributed by atoms with van der Waals surface area (Å²) in [5.74, 6) is 0.412. The van der Waals surface area contributed by atoms with Crippen LogP contribution in [0.1, 0.15) is 24.2 Å². The first-order valence-corrected chi connectivity index (χ1v) is 7.23. The van der Waals surface area contributed by atoms with Crippen LogP contribution in [0.2, 0.25) is 0 Å². The predicted octanol–water partition coefficient (Wildman–Crippen LogP) is 1.22. The van der Waals surface area contributed by atoms with E-state index in [2.05, 4.69) is 41.0 Å². The molecule has 1 amide bonds. The van der Waals surface area contributed by atoms with Gasteiger partial charge in [-0.3, -0.25) is 9.78 Å². The van der Waals surface area contributed by atoms with Gasteiger partial charge < -0.3 is 15.1 Å². The molecule has 2 heterocycles. The third kappa shape index (κ3) is 3.93. The smallest absolute Gasteiger partial charge is 0.252 e. The Labute approximate surface area is 121 Å². The average Bonchev–Trinajstić information content (AvgIpc) is 2.45. The minimum atomic E-state index is -0.0397. The second-order valence-corrected chi connectivity index (χ2v) is 5.83. The van der Waals surface area contributed by atoms with Crippen molar-refractivity contribution >= 4 is 11.6 Å². The van der Waals surface area contributed by atoms with Gasteiger partial charge in [0, 0.05) is 38.9 Å². The number of hydrogen-bond donors (Lipinski definition) is 1. The fraction of sp³-hybridized carbons (Fsp3) is 0.600. The number of nitrogens with zero attached hydrogens (tertiary/aromatic N) is 3. The standard InChI is InChI=1S/C15H24N4O/c1-12(2)9-17-15(20)13-8-14(11-16-10-13)19-6-4-18(3)5-7-19/h8,10-12H,4-7,9H2,1-3H3,(H,17,20). The maximum atomic E-state index is 12.1. The quantitative estimate of drug-likeness (QED) is 0.898. The summed E-state index contributed by atoms with van der Waals surface area (Å²) < 4.78 is 0. The van der Waals surface area contributed by atoms with Crippen LogP contribution in [0.3, 0.4) is 0 Å². The molecule has 110 valence electrons. The van der Waals surface area contributed by atoms with Crippen LogP contribution in [0.4, 0.5) is 5.69 Å². The molecule has 0 bridgehead atoms. The van der Waals surface area contributed by atoms with E-state index in [1.54, 1.807) is 6.20 Å². The number of nitrogens with one attached hydrogen (secondary N) is 1. The van der Waals surface area contributed by atoms with E-state index >= 15 is 0 Å². The molecule has 1 N–H and O–H groups in total. The molecule has 1 aromatic rings. The second kappa shape index (κ2) is 6.70. The number of hydrogen-bond acceptors (Lipinski definition) is 4. The lowest BCUT2D eigenvalue weighted by Crippen LogP contribution is -2.44. The Bertz CT molecular complexity index is 453. The van der Waals surface area contributed by atoms with Crippen molar-refractivity contribution in [2.24, 2.45) is 5.92 Å². The molecule has 1 aliphatic rings. The van der Waals surface area contributed by atoms with Crippen molar-refractivity contribution in [3.8, 4) is 0 Å². The number of rotatable bonds is 4. The van der Waals surface area contributed by atoms with E-state index in [-0.39, 0.29) is 5.91 Å². The zero-order valence-electron chi connectivity index (χ0n) is 12.6. The van der Waals surface area contributed by atoms with Gasteiger partial charge in [-0.15, -0.1) is 0 Å². The average molecular weight is 276 g/mol. The number of pyridine rings is 1. The van der Waals surface area contributed by atoms with Crippen molar-refractivity contribution in [1.29, 1.82) is 0 Å². The van der Waals surface area contributed by atoms with Gasteiger partial charge >= 0.3 is 0 Å². The van der Waals surface area contributed by atoms with Crippen LogP contribution in [-0.2, 0) is 0 Å². The molecule has 0 saturated carbocycles. The lowest BCUT2D eigenvalue weighted by Gasteiger charge is -2.33. The summed E-state index contributed by atoms with van der Waals surface area (Å²) in [6.07, 6.45) is 3.47. The van der Waals surface area contributed by atoms with E-state index in [0.29, 0.717) is 18.0 Å². The molecule has 1 fully saturated rings. The summed E-state index contributed by atoms with van der Waals surface area (Å²) in [5.41, 5.74) is 1.68. The summed E-state index contributed by atoms with van der Waals surface area (Å²) >= 11 is 0. The van der Waals surface area contributed by atoms with Crippen LogP contribution in [0, 0.1) is 5.92 Å². The topological polar surface area (TPSA) is 48.5 Å². The number of piperazine rings is 1. The molecule has 2 rings (SSSR count). The van der Waals surface area contributed by atoms with Gasteiger partial charge in [0.2, 0.25) is 0 Å². The molecule has 20 heavy (non-hydrogen) atoms. The molecule has 1 aromatic heterocycles. The molecule has 0 atom stereocenters. The zero-order valence-corrected chi connectivity index (χ0v) is 12.6. The van der Waals surface area contributed by atoms with Crippen molar-refractivity contribution in [3.05, 3.63) is 24.0 Å². The Balaban J connectivity index is 2.02. The Morgan fingerprint density at radius 2 is 2.00 bits per heavy atom. The Morgan fingerprint density at radius 1 is 1.30 bits per heavy atom. The minimum absolute atomic E-state index is 0.0397. The molecule has 5 heteroatoms. The largest absolute Gasteiger partial charge is 0.368 e. The number of likely N-dealkylation sites (N-methyl/N-ethyl adjacent to an activating group) is 1. The first-order chi connectivity index (χ1) is 9.56. The van der Waals surface area contributed by atoms with E-state index in [4.69, 9.17) is 0 Å². The fourth-order valence-electron chi connectivity index (χ4n) is 2.19. The monoisotopic (exact) mass is 276 g/mol. The number of aromatic nitrogens is 1. The van der Waals surface area contributed by atoms with Gasteiger partial charge in [0.15, 0.2) is 0 Å². The number of carbonyl (C=O) groups excluding carboxylic acids is 1. The van der Waals surface area contributed by atoms with Crippen molar-refractivity contribution in [3.63, 3.8) is 0 Å². The maximum Gasteiger partial charge on any atom is 0.252 e. The van der Waals surface area contributed by atoms with Crippen LogP contribution in [0.25, 0.3) is 0 Å². The van der Waals surface area contributed by atoms with E-state index in [9.17, 15) is 4.79 Å². The van der Waals surface area contributed by atoms with Gasteiger partial charge in [-0.05, 0) is 19.0 Å². The van der Waals surface area contributed by atoms with Crippen molar-refractivity contribution in [2.75, 3.05) is 44.7 Å². The summed E-state index contributed by atoms with van der Waals surface area (Å²) in [5, 5.41) is 2.93. The van der Waals surface area contributed by atoms with E-state index in [1.807, 2.05) is 12.3 Å². The first kappa shape index (κ1) is 14.8. The molecule has 0 aromatic carbocycles. The Kier molecular flexibility index (Phi) is 4.95. The molecule has 0 aliphatic carbocycles. The van der Waals surface area contributed by atoms with Crippen LogP contribution in [-0.4, -0.2) is 55.6 Å². The zero-order chi connectivity index (χ0) is 14.5. The Morgan fingerprint density at radius 3 is 2.65 bits per heavy atom. The van der Waals surface area contributed by atoms with E-state index < -0.39 is 0 Å². The lowest BCUT2D eigenvalue weighted by molar-refractivity contribution is 0.0948.